The molecule has 0 bridgehead atoms. The van der Waals surface area contributed by atoms with E-state index < -0.39 is 5.60 Å². The highest BCUT2D eigenvalue weighted by Crippen LogP contribution is 2.23. The van der Waals surface area contributed by atoms with Crippen LogP contribution in [0, 0.1) is 5.92 Å². The zero-order valence-corrected chi connectivity index (χ0v) is 15.1. The largest absolute Gasteiger partial charge is 0.493 e. The molecule has 1 amide bonds. The third kappa shape index (κ3) is 6.61. The van der Waals surface area contributed by atoms with E-state index in [0.29, 0.717) is 19.1 Å². The average molecular weight is 321 g/mol. The molecule has 23 heavy (non-hydrogen) atoms. The predicted octanol–water partition coefficient (Wildman–Crippen LogP) is 4.65. The minimum Gasteiger partial charge on any atom is -0.493 e. The van der Waals surface area contributed by atoms with Crippen molar-refractivity contribution in [2.75, 3.05) is 18.5 Å². The second-order valence-electron chi connectivity index (χ2n) is 6.45. The van der Waals surface area contributed by atoms with Crippen LogP contribution in [0.15, 0.2) is 24.3 Å². The average Bonchev–Trinajstić information content (AvgIpc) is 2.52. The SMILES string of the molecule is CCCC[C@](C)(OCC)C(=O)Nc1ccc(OCC(C)C)cc1. The molecule has 0 radical (unpaired) electrons. The number of anilines is 1. The van der Waals surface area contributed by atoms with Gasteiger partial charge in [0.1, 0.15) is 11.4 Å². The van der Waals surface area contributed by atoms with E-state index in [1.807, 2.05) is 38.1 Å². The quantitative estimate of drug-likeness (QED) is 0.682. The zero-order chi connectivity index (χ0) is 17.3. The molecule has 1 N–H and O–H groups in total. The molecule has 130 valence electrons. The molecule has 0 fully saturated rings. The second-order valence-corrected chi connectivity index (χ2v) is 6.45. The first kappa shape index (κ1) is 19.5. The van der Waals surface area contributed by atoms with E-state index in [-0.39, 0.29) is 5.91 Å². The Labute approximate surface area is 140 Å². The van der Waals surface area contributed by atoms with Crippen molar-refractivity contribution in [2.24, 2.45) is 5.92 Å². The van der Waals surface area contributed by atoms with Crippen LogP contribution in [0.4, 0.5) is 5.69 Å². The van der Waals surface area contributed by atoms with Gasteiger partial charge in [0.25, 0.3) is 5.91 Å². The van der Waals surface area contributed by atoms with E-state index in [4.69, 9.17) is 9.47 Å². The van der Waals surface area contributed by atoms with Crippen LogP contribution in [0.1, 0.15) is 53.9 Å². The summed E-state index contributed by atoms with van der Waals surface area (Å²) in [5, 5.41) is 2.95. The standard InChI is InChI=1S/C19H31NO3/c1-6-8-13-19(5,23-7-2)18(21)20-16-9-11-17(12-10-16)22-14-15(3)4/h9-12,15H,6-8,13-14H2,1-5H3,(H,20,21)/t19-/m0/s1. The van der Waals surface area contributed by atoms with Gasteiger partial charge in [0.2, 0.25) is 0 Å². The molecule has 4 nitrogen and oxygen atoms in total. The van der Waals surface area contributed by atoms with E-state index in [2.05, 4.69) is 26.1 Å². The summed E-state index contributed by atoms with van der Waals surface area (Å²) in [6, 6.07) is 7.48. The minimum absolute atomic E-state index is 0.0938. The van der Waals surface area contributed by atoms with Gasteiger partial charge < -0.3 is 14.8 Å². The summed E-state index contributed by atoms with van der Waals surface area (Å²) in [6.07, 6.45) is 2.72. The summed E-state index contributed by atoms with van der Waals surface area (Å²) in [5.74, 6) is 1.21. The molecule has 0 heterocycles. The van der Waals surface area contributed by atoms with Crippen molar-refractivity contribution < 1.29 is 14.3 Å². The van der Waals surface area contributed by atoms with Gasteiger partial charge >= 0.3 is 0 Å². The highest BCUT2D eigenvalue weighted by molar-refractivity contribution is 5.97. The summed E-state index contributed by atoms with van der Waals surface area (Å²) in [6.45, 7) is 11.3. The molecule has 0 aliphatic heterocycles. The van der Waals surface area contributed by atoms with Crippen molar-refractivity contribution in [3.05, 3.63) is 24.3 Å². The molecule has 1 atom stereocenters. The first-order valence-corrected chi connectivity index (χ1v) is 8.59. The molecule has 0 aliphatic rings. The van der Waals surface area contributed by atoms with Crippen molar-refractivity contribution in [3.8, 4) is 5.75 Å². The zero-order valence-electron chi connectivity index (χ0n) is 15.1. The Morgan fingerprint density at radius 3 is 2.39 bits per heavy atom. The number of benzene rings is 1. The van der Waals surface area contributed by atoms with Crippen molar-refractivity contribution in [1.29, 1.82) is 0 Å². The molecular formula is C19H31NO3. The van der Waals surface area contributed by atoms with Crippen LogP contribution in [-0.2, 0) is 9.53 Å². The van der Waals surface area contributed by atoms with Gasteiger partial charge in [-0.15, -0.1) is 0 Å². The Balaban J connectivity index is 2.67. The number of nitrogens with one attached hydrogen (secondary N) is 1. The Hall–Kier alpha value is -1.55. The molecule has 1 aromatic rings. The molecule has 4 heteroatoms. The maximum atomic E-state index is 12.6. The number of carbonyl (C=O) groups excluding carboxylic acids is 1. The van der Waals surface area contributed by atoms with E-state index in [0.717, 1.165) is 30.7 Å². The van der Waals surface area contributed by atoms with Crippen molar-refractivity contribution in [2.45, 2.75) is 59.5 Å². The third-order valence-electron chi connectivity index (χ3n) is 3.65. The van der Waals surface area contributed by atoms with E-state index in [9.17, 15) is 4.79 Å². The number of hydrogen-bond acceptors (Lipinski definition) is 3. The van der Waals surface area contributed by atoms with Crippen LogP contribution in [0.2, 0.25) is 0 Å². The van der Waals surface area contributed by atoms with Crippen LogP contribution in [0.3, 0.4) is 0 Å². The van der Waals surface area contributed by atoms with Gasteiger partial charge in [0, 0.05) is 12.3 Å². The number of unbranched alkanes of at least 4 members (excludes halogenated alkanes) is 1. The number of rotatable bonds is 10. The number of ether oxygens (including phenoxy) is 2. The lowest BCUT2D eigenvalue weighted by atomic mass is 9.97. The lowest BCUT2D eigenvalue weighted by Gasteiger charge is -2.28. The number of hydrogen-bond donors (Lipinski definition) is 1. The molecule has 0 spiro atoms. The Kier molecular flexibility index (Phi) is 8.10. The van der Waals surface area contributed by atoms with Gasteiger partial charge in [0.05, 0.1) is 6.61 Å². The van der Waals surface area contributed by atoms with Crippen molar-refractivity contribution >= 4 is 11.6 Å². The molecular weight excluding hydrogens is 290 g/mol. The topological polar surface area (TPSA) is 47.6 Å². The van der Waals surface area contributed by atoms with Crippen LogP contribution >= 0.6 is 0 Å². The summed E-state index contributed by atoms with van der Waals surface area (Å²) in [5.41, 5.74) is -0.0216. The monoisotopic (exact) mass is 321 g/mol. The van der Waals surface area contributed by atoms with Crippen molar-refractivity contribution in [3.63, 3.8) is 0 Å². The molecule has 0 aliphatic carbocycles. The smallest absolute Gasteiger partial charge is 0.256 e. The van der Waals surface area contributed by atoms with E-state index >= 15 is 0 Å². The van der Waals surface area contributed by atoms with Gasteiger partial charge in [-0.25, -0.2) is 0 Å². The summed E-state index contributed by atoms with van der Waals surface area (Å²) < 4.78 is 11.4. The van der Waals surface area contributed by atoms with Crippen LogP contribution < -0.4 is 10.1 Å². The maximum Gasteiger partial charge on any atom is 0.256 e. The molecule has 1 rings (SSSR count). The van der Waals surface area contributed by atoms with Gasteiger partial charge in [-0.3, -0.25) is 4.79 Å². The van der Waals surface area contributed by atoms with Gasteiger partial charge in [-0.1, -0.05) is 33.6 Å². The third-order valence-corrected chi connectivity index (χ3v) is 3.65. The van der Waals surface area contributed by atoms with E-state index in [1.54, 1.807) is 0 Å². The fourth-order valence-electron chi connectivity index (χ4n) is 2.24. The number of amides is 1. The van der Waals surface area contributed by atoms with Crippen LogP contribution in [-0.4, -0.2) is 24.7 Å². The summed E-state index contributed by atoms with van der Waals surface area (Å²) >= 11 is 0. The Morgan fingerprint density at radius 1 is 1.22 bits per heavy atom. The van der Waals surface area contributed by atoms with Gasteiger partial charge in [-0.2, -0.15) is 0 Å². The Morgan fingerprint density at radius 2 is 1.87 bits per heavy atom. The van der Waals surface area contributed by atoms with Crippen molar-refractivity contribution in [1.82, 2.24) is 0 Å². The lowest BCUT2D eigenvalue weighted by molar-refractivity contribution is -0.139. The molecule has 0 unspecified atom stereocenters. The number of carbonyl (C=O) groups is 1. The molecule has 0 saturated carbocycles. The first-order valence-electron chi connectivity index (χ1n) is 8.59. The first-order chi connectivity index (χ1) is 10.9. The second kappa shape index (κ2) is 9.56. The summed E-state index contributed by atoms with van der Waals surface area (Å²) in [7, 11) is 0. The molecule has 1 aromatic carbocycles. The Bertz CT molecular complexity index is 470. The van der Waals surface area contributed by atoms with Crippen LogP contribution in [0.25, 0.3) is 0 Å². The van der Waals surface area contributed by atoms with Crippen LogP contribution in [0.5, 0.6) is 5.75 Å². The highest BCUT2D eigenvalue weighted by atomic mass is 16.5. The van der Waals surface area contributed by atoms with E-state index in [1.165, 1.54) is 0 Å². The lowest BCUT2D eigenvalue weighted by Crippen LogP contribution is -2.42. The summed E-state index contributed by atoms with van der Waals surface area (Å²) in [4.78, 5) is 12.6. The minimum atomic E-state index is -0.780. The van der Waals surface area contributed by atoms with Gasteiger partial charge in [-0.05, 0) is 50.5 Å². The molecule has 0 saturated heterocycles. The fourth-order valence-corrected chi connectivity index (χ4v) is 2.24. The maximum absolute atomic E-state index is 12.6. The molecule has 0 aromatic heterocycles. The predicted molar refractivity (Wildman–Crippen MR) is 95.0 cm³/mol. The fraction of sp³-hybridized carbons (Fsp3) is 0.632. The highest BCUT2D eigenvalue weighted by Gasteiger charge is 2.33. The van der Waals surface area contributed by atoms with Gasteiger partial charge in [0.15, 0.2) is 0 Å². The normalized spacial score (nSPS) is 13.7.